The van der Waals surface area contributed by atoms with Crippen molar-refractivity contribution < 1.29 is 9.90 Å². The summed E-state index contributed by atoms with van der Waals surface area (Å²) in [6.07, 6.45) is 9.35. The van der Waals surface area contributed by atoms with Crippen molar-refractivity contribution in [3.63, 3.8) is 0 Å². The minimum Gasteiger partial charge on any atom is -0.508 e. The van der Waals surface area contributed by atoms with E-state index >= 15 is 0 Å². The highest BCUT2D eigenvalue weighted by Crippen LogP contribution is 2.72. The number of likely N-dealkylation sites (tertiary alicyclic amines) is 2. The summed E-state index contributed by atoms with van der Waals surface area (Å²) >= 11 is 0. The largest absolute Gasteiger partial charge is 0.508 e. The Bertz CT molecular complexity index is 1150. The van der Waals surface area contributed by atoms with Crippen LogP contribution in [0.3, 0.4) is 0 Å². The molecule has 2 N–H and O–H groups in total. The average Bonchev–Trinajstić information content (AvgIpc) is 3.57. The summed E-state index contributed by atoms with van der Waals surface area (Å²) in [7, 11) is 0. The normalized spacial score (nSPS) is 33.9. The lowest BCUT2D eigenvalue weighted by Gasteiger charge is -2.72. The van der Waals surface area contributed by atoms with Crippen molar-refractivity contribution >= 4 is 5.91 Å². The van der Waals surface area contributed by atoms with E-state index in [0.29, 0.717) is 40.9 Å². The lowest BCUT2D eigenvalue weighted by Crippen LogP contribution is -2.83. The number of carbonyl (C=O) groups is 1. The topological polar surface area (TPSA) is 59.0 Å². The van der Waals surface area contributed by atoms with Crippen molar-refractivity contribution in [1.29, 1.82) is 0 Å². The summed E-state index contributed by atoms with van der Waals surface area (Å²) < 4.78 is 0. The lowest BCUT2D eigenvalue weighted by molar-refractivity contribution is -0.235. The zero-order valence-electron chi connectivity index (χ0n) is 20.9. The van der Waals surface area contributed by atoms with Crippen LogP contribution in [-0.2, 0) is 0 Å². The second-order valence-corrected chi connectivity index (χ2v) is 11.4. The van der Waals surface area contributed by atoms with Gasteiger partial charge in [0.2, 0.25) is 0 Å². The van der Waals surface area contributed by atoms with Gasteiger partial charge >= 0.3 is 0 Å². The van der Waals surface area contributed by atoms with Gasteiger partial charge in [-0.1, -0.05) is 30.3 Å². The van der Waals surface area contributed by atoms with Crippen LogP contribution in [-0.4, -0.2) is 69.6 Å². The van der Waals surface area contributed by atoms with Gasteiger partial charge in [0.05, 0.1) is 6.04 Å². The van der Waals surface area contributed by atoms with Gasteiger partial charge in [-0.25, -0.2) is 5.01 Å². The van der Waals surface area contributed by atoms with E-state index in [2.05, 4.69) is 46.1 Å². The van der Waals surface area contributed by atoms with Gasteiger partial charge in [-0.05, 0) is 73.9 Å². The third-order valence-electron chi connectivity index (χ3n) is 9.93. The van der Waals surface area contributed by atoms with E-state index in [1.54, 1.807) is 6.07 Å². The lowest BCUT2D eigenvalue weighted by atomic mass is 9.56. The molecule has 188 valence electrons. The van der Waals surface area contributed by atoms with Crippen molar-refractivity contribution in [3.05, 3.63) is 77.9 Å². The molecule has 5 unspecified atom stereocenters. The van der Waals surface area contributed by atoms with Crippen molar-refractivity contribution in [2.24, 2.45) is 5.41 Å². The number of hydrazine groups is 1. The first-order valence-corrected chi connectivity index (χ1v) is 13.7. The number of rotatable bonds is 7. The highest BCUT2D eigenvalue weighted by atomic mass is 16.3. The molecule has 0 bridgehead atoms. The Kier molecular flexibility index (Phi) is 5.28. The molecular formula is C30H36N4O2. The molecule has 3 saturated heterocycles. The van der Waals surface area contributed by atoms with Crippen LogP contribution < -0.4 is 5.43 Å². The van der Waals surface area contributed by atoms with Crippen LogP contribution in [0.1, 0.15) is 66.1 Å². The first-order chi connectivity index (χ1) is 17.6. The van der Waals surface area contributed by atoms with Crippen molar-refractivity contribution in [3.8, 4) is 5.75 Å². The van der Waals surface area contributed by atoms with Gasteiger partial charge in [0.1, 0.15) is 5.75 Å². The average molecular weight is 485 g/mol. The summed E-state index contributed by atoms with van der Waals surface area (Å²) in [4.78, 5) is 18.3. The monoisotopic (exact) mass is 484 g/mol. The number of phenols is 1. The van der Waals surface area contributed by atoms with Crippen LogP contribution in [0, 0.1) is 5.41 Å². The molecule has 6 nitrogen and oxygen atoms in total. The summed E-state index contributed by atoms with van der Waals surface area (Å²) in [5.41, 5.74) is 6.51. The molecule has 3 aliphatic heterocycles. The van der Waals surface area contributed by atoms with E-state index in [-0.39, 0.29) is 11.9 Å². The summed E-state index contributed by atoms with van der Waals surface area (Å²) in [5, 5.41) is 12.4. The molecule has 7 rings (SSSR count). The predicted molar refractivity (Wildman–Crippen MR) is 139 cm³/mol. The van der Waals surface area contributed by atoms with Crippen LogP contribution in [0.15, 0.2) is 61.2 Å². The third-order valence-corrected chi connectivity index (χ3v) is 9.93. The molecule has 1 spiro atoms. The zero-order chi connectivity index (χ0) is 24.4. The highest BCUT2D eigenvalue weighted by Gasteiger charge is 2.80. The van der Waals surface area contributed by atoms with E-state index in [1.165, 1.54) is 31.2 Å². The summed E-state index contributed by atoms with van der Waals surface area (Å²) in [6.45, 7) is 6.87. The molecular weight excluding hydrogens is 448 g/mol. The van der Waals surface area contributed by atoms with E-state index in [9.17, 15) is 9.90 Å². The predicted octanol–water partition coefficient (Wildman–Crippen LogP) is 4.09. The Morgan fingerprint density at radius 2 is 1.67 bits per heavy atom. The van der Waals surface area contributed by atoms with Gasteiger partial charge in [-0.2, -0.15) is 0 Å². The Labute approximate surface area is 213 Å². The molecule has 5 atom stereocenters. The van der Waals surface area contributed by atoms with Gasteiger partial charge < -0.3 is 5.11 Å². The number of phenolic OH excluding ortho intramolecular Hbond substituents is 1. The Balaban J connectivity index is 1.20. The van der Waals surface area contributed by atoms with Crippen LogP contribution >= 0.6 is 0 Å². The van der Waals surface area contributed by atoms with Crippen LogP contribution in [0.5, 0.6) is 5.75 Å². The molecule has 0 radical (unpaired) electrons. The molecule has 1 amide bonds. The van der Waals surface area contributed by atoms with Gasteiger partial charge in [0.15, 0.2) is 0 Å². The van der Waals surface area contributed by atoms with Crippen LogP contribution in [0.4, 0.5) is 0 Å². The van der Waals surface area contributed by atoms with Crippen LogP contribution in [0.25, 0.3) is 0 Å². The Hall–Kier alpha value is -2.67. The second-order valence-electron chi connectivity index (χ2n) is 11.4. The van der Waals surface area contributed by atoms with Crippen molar-refractivity contribution in [2.75, 3.05) is 19.6 Å². The number of nitrogens with zero attached hydrogens (tertiary/aromatic N) is 3. The van der Waals surface area contributed by atoms with Crippen molar-refractivity contribution in [1.82, 2.24) is 20.2 Å². The van der Waals surface area contributed by atoms with E-state index in [4.69, 9.17) is 0 Å². The second kappa shape index (κ2) is 8.44. The molecule has 5 aliphatic rings. The van der Waals surface area contributed by atoms with Gasteiger partial charge in [0.25, 0.3) is 5.91 Å². The molecule has 3 heterocycles. The maximum Gasteiger partial charge on any atom is 0.265 e. The van der Waals surface area contributed by atoms with Gasteiger partial charge in [-0.15, -0.1) is 6.58 Å². The molecule has 0 aromatic heterocycles. The van der Waals surface area contributed by atoms with E-state index < -0.39 is 0 Å². The standard InChI is InChI=1S/C30H36N4O2/c1-2-16-33-24-12-14-26-30(24)25(33)13-15-27(30)34(26)28(22-6-5-7-23(35)19-22)20-8-10-21(11-9-20)29(36)31-32-17-3-4-18-32/h2,5-11,19,24-28,35H,1,3-4,12-18H2,(H,31,36). The molecule has 2 aliphatic carbocycles. The number of aromatic hydroxyl groups is 1. The Morgan fingerprint density at radius 3 is 2.31 bits per heavy atom. The zero-order valence-corrected chi connectivity index (χ0v) is 20.9. The van der Waals surface area contributed by atoms with Gasteiger partial charge in [0, 0.05) is 54.8 Å². The molecule has 5 fully saturated rings. The fraction of sp³-hybridized carbons (Fsp3) is 0.500. The van der Waals surface area contributed by atoms with Crippen LogP contribution in [0.2, 0.25) is 0 Å². The smallest absolute Gasteiger partial charge is 0.265 e. The third kappa shape index (κ3) is 3.04. The summed E-state index contributed by atoms with van der Waals surface area (Å²) in [6, 6.07) is 18.6. The molecule has 2 saturated carbocycles. The first kappa shape index (κ1) is 22.5. The first-order valence-electron chi connectivity index (χ1n) is 13.7. The van der Waals surface area contributed by atoms with E-state index in [1.807, 2.05) is 29.3 Å². The fourth-order valence-corrected chi connectivity index (χ4v) is 8.80. The van der Waals surface area contributed by atoms with Crippen molar-refractivity contribution in [2.45, 2.75) is 68.7 Å². The van der Waals surface area contributed by atoms with Gasteiger partial charge in [-0.3, -0.25) is 20.0 Å². The minimum absolute atomic E-state index is 0.0330. The minimum atomic E-state index is -0.0330. The number of nitrogens with one attached hydrogen (secondary N) is 1. The molecule has 6 heteroatoms. The van der Waals surface area contributed by atoms with E-state index in [0.717, 1.165) is 38.0 Å². The Morgan fingerprint density at radius 1 is 1.00 bits per heavy atom. The number of carbonyl (C=O) groups excluding carboxylic acids is 1. The quantitative estimate of drug-likeness (QED) is 0.580. The SMILES string of the molecule is C=CCN1C2CCC3N(C(c4ccc(C(=O)NN5CCCC5)cc4)c4cccc(O)c4)C4CCC1C234. The fourth-order valence-electron chi connectivity index (χ4n) is 8.80. The summed E-state index contributed by atoms with van der Waals surface area (Å²) in [5.74, 6) is 0.276. The molecule has 36 heavy (non-hydrogen) atoms. The number of hydrogen-bond acceptors (Lipinski definition) is 5. The number of amides is 1. The highest BCUT2D eigenvalue weighted by molar-refractivity contribution is 5.93. The molecule has 2 aromatic rings. The maximum absolute atomic E-state index is 12.8. The number of benzene rings is 2. The molecule has 2 aromatic carbocycles. The maximum atomic E-state index is 12.8. The number of hydrogen-bond donors (Lipinski definition) is 2.